The molecular weight excluding hydrogens is 551 g/mol. The number of amidine groups is 1. The molecule has 3 aromatic rings. The van der Waals surface area contributed by atoms with Crippen LogP contribution in [0.5, 0.6) is 17.2 Å². The normalized spacial score (nSPS) is 15.5. The van der Waals surface area contributed by atoms with E-state index in [4.69, 9.17) is 14.2 Å². The van der Waals surface area contributed by atoms with Crippen molar-refractivity contribution in [3.63, 3.8) is 0 Å². The summed E-state index contributed by atoms with van der Waals surface area (Å²) in [6.45, 7) is 0.442. The fourth-order valence-electron chi connectivity index (χ4n) is 3.04. The minimum atomic E-state index is -0.190. The molecule has 1 aliphatic rings. The summed E-state index contributed by atoms with van der Waals surface area (Å²) in [5.41, 5.74) is 2.64. The zero-order valence-corrected chi connectivity index (χ0v) is 21.0. The third-order valence-electron chi connectivity index (χ3n) is 4.75. The Morgan fingerprint density at radius 2 is 1.73 bits per heavy atom. The predicted molar refractivity (Wildman–Crippen MR) is 140 cm³/mol. The lowest BCUT2D eigenvalue weighted by Crippen LogP contribution is -2.19. The van der Waals surface area contributed by atoms with Crippen LogP contribution in [0, 0.1) is 3.57 Å². The largest absolute Gasteiger partial charge is 0.497 e. The molecule has 3 aromatic carbocycles. The van der Waals surface area contributed by atoms with Gasteiger partial charge in [-0.15, -0.1) is 0 Å². The molecule has 0 unspecified atom stereocenters. The van der Waals surface area contributed by atoms with Crippen LogP contribution in [0.1, 0.15) is 11.1 Å². The van der Waals surface area contributed by atoms with Crippen LogP contribution >= 0.6 is 34.4 Å². The number of nitrogens with one attached hydrogen (secondary N) is 1. The minimum absolute atomic E-state index is 0.190. The van der Waals surface area contributed by atoms with Gasteiger partial charge < -0.3 is 19.5 Å². The highest BCUT2D eigenvalue weighted by Crippen LogP contribution is 2.33. The smallest absolute Gasteiger partial charge is 0.264 e. The Bertz CT molecular complexity index is 1210. The van der Waals surface area contributed by atoms with Gasteiger partial charge in [0.2, 0.25) is 0 Å². The first kappa shape index (κ1) is 23.2. The first-order valence-corrected chi connectivity index (χ1v) is 11.9. The number of rotatable bonds is 7. The van der Waals surface area contributed by atoms with Crippen molar-refractivity contribution >= 4 is 57.2 Å². The number of ether oxygens (including phenoxy) is 3. The Labute approximate surface area is 210 Å². The number of aliphatic imine (C=N–C) groups is 1. The van der Waals surface area contributed by atoms with E-state index in [9.17, 15) is 4.79 Å². The molecule has 6 nitrogen and oxygen atoms in total. The summed E-state index contributed by atoms with van der Waals surface area (Å²) in [6, 6.07) is 21.1. The number of benzene rings is 3. The number of methoxy groups -OCH3 is 2. The monoisotopic (exact) mass is 572 g/mol. The summed E-state index contributed by atoms with van der Waals surface area (Å²) in [5.74, 6) is 1.81. The summed E-state index contributed by atoms with van der Waals surface area (Å²) in [5, 5.41) is 3.33. The summed E-state index contributed by atoms with van der Waals surface area (Å²) >= 11 is 3.56. The predicted octanol–water partition coefficient (Wildman–Crippen LogP) is 5.78. The topological polar surface area (TPSA) is 69.2 Å². The van der Waals surface area contributed by atoms with Crippen molar-refractivity contribution in [2.75, 3.05) is 14.2 Å². The van der Waals surface area contributed by atoms with E-state index in [-0.39, 0.29) is 5.91 Å². The Morgan fingerprint density at radius 3 is 2.42 bits per heavy atom. The lowest BCUT2D eigenvalue weighted by molar-refractivity contribution is -0.115. The Kier molecular flexibility index (Phi) is 7.56. The molecule has 1 heterocycles. The zero-order valence-electron chi connectivity index (χ0n) is 18.0. The van der Waals surface area contributed by atoms with Crippen LogP contribution in [0.15, 0.2) is 76.6 Å². The summed E-state index contributed by atoms with van der Waals surface area (Å²) in [6.07, 6.45) is 1.81. The van der Waals surface area contributed by atoms with Gasteiger partial charge in [0.1, 0.15) is 12.4 Å². The first-order chi connectivity index (χ1) is 16.0. The average molecular weight is 572 g/mol. The van der Waals surface area contributed by atoms with E-state index < -0.39 is 0 Å². The molecule has 1 saturated heterocycles. The zero-order chi connectivity index (χ0) is 23.2. The van der Waals surface area contributed by atoms with Gasteiger partial charge in [0, 0.05) is 3.57 Å². The molecule has 1 fully saturated rings. The maximum Gasteiger partial charge on any atom is 0.264 e. The highest BCUT2D eigenvalue weighted by Gasteiger charge is 2.24. The molecule has 33 heavy (non-hydrogen) atoms. The quantitative estimate of drug-likeness (QED) is 0.287. The SMILES string of the molecule is COc1ccc(N=C2NC(=O)/C(=C/c3ccc(OCc4ccc(I)cc4)c(OC)c3)S2)cc1. The Hall–Kier alpha value is -2.98. The lowest BCUT2D eigenvalue weighted by Gasteiger charge is -2.11. The van der Waals surface area contributed by atoms with Gasteiger partial charge in [-0.3, -0.25) is 4.79 Å². The van der Waals surface area contributed by atoms with E-state index in [1.54, 1.807) is 14.2 Å². The van der Waals surface area contributed by atoms with E-state index in [2.05, 4.69) is 32.9 Å². The van der Waals surface area contributed by atoms with Crippen molar-refractivity contribution in [2.45, 2.75) is 6.61 Å². The fraction of sp³-hybridized carbons (Fsp3) is 0.120. The van der Waals surface area contributed by atoms with Gasteiger partial charge in [0.15, 0.2) is 16.7 Å². The highest BCUT2D eigenvalue weighted by molar-refractivity contribution is 14.1. The molecule has 0 aromatic heterocycles. The third kappa shape index (κ3) is 6.08. The van der Waals surface area contributed by atoms with Gasteiger partial charge in [0.25, 0.3) is 5.91 Å². The Balaban J connectivity index is 1.46. The van der Waals surface area contributed by atoms with Crippen LogP contribution in [0.25, 0.3) is 6.08 Å². The number of carbonyl (C=O) groups excluding carboxylic acids is 1. The molecule has 0 spiro atoms. The number of carbonyl (C=O) groups is 1. The second-order valence-corrected chi connectivity index (χ2v) is 9.28. The van der Waals surface area contributed by atoms with E-state index in [0.717, 1.165) is 22.6 Å². The number of hydrogen-bond donors (Lipinski definition) is 1. The molecule has 0 radical (unpaired) electrons. The molecule has 1 aliphatic heterocycles. The van der Waals surface area contributed by atoms with Crippen molar-refractivity contribution in [1.82, 2.24) is 5.32 Å². The van der Waals surface area contributed by atoms with Gasteiger partial charge in [0.05, 0.1) is 24.8 Å². The van der Waals surface area contributed by atoms with Gasteiger partial charge in [-0.2, -0.15) is 0 Å². The molecule has 0 aliphatic carbocycles. The number of hydrogen-bond acceptors (Lipinski definition) is 6. The summed E-state index contributed by atoms with van der Waals surface area (Å²) < 4.78 is 17.8. The van der Waals surface area contributed by atoms with Crippen LogP contribution in [0.2, 0.25) is 0 Å². The van der Waals surface area contributed by atoms with Gasteiger partial charge in [-0.05, 0) is 100 Å². The molecular formula is C25H21IN2O4S. The van der Waals surface area contributed by atoms with Gasteiger partial charge in [-0.25, -0.2) is 4.99 Å². The van der Waals surface area contributed by atoms with Crippen LogP contribution in [-0.4, -0.2) is 25.3 Å². The molecule has 0 saturated carbocycles. The van der Waals surface area contributed by atoms with E-state index >= 15 is 0 Å². The van der Waals surface area contributed by atoms with Crippen molar-refractivity contribution < 1.29 is 19.0 Å². The van der Waals surface area contributed by atoms with Crippen molar-refractivity contribution in [3.8, 4) is 17.2 Å². The maximum atomic E-state index is 12.4. The maximum absolute atomic E-state index is 12.4. The van der Waals surface area contributed by atoms with Crippen LogP contribution in [-0.2, 0) is 11.4 Å². The van der Waals surface area contributed by atoms with E-state index in [0.29, 0.717) is 28.2 Å². The second kappa shape index (κ2) is 10.8. The molecule has 1 amide bonds. The molecule has 0 atom stereocenters. The molecule has 0 bridgehead atoms. The highest BCUT2D eigenvalue weighted by atomic mass is 127. The average Bonchev–Trinajstić information content (AvgIpc) is 3.17. The molecule has 168 valence electrons. The standard InChI is InChI=1S/C25H21IN2O4S/c1-30-20-10-8-19(9-11-20)27-25-28-24(29)23(33-25)14-17-5-12-21(22(13-17)31-2)32-15-16-3-6-18(26)7-4-16/h3-14H,15H2,1-2H3,(H,27,28,29)/b23-14-. The van der Waals surface area contributed by atoms with Gasteiger partial charge in [-0.1, -0.05) is 18.2 Å². The van der Waals surface area contributed by atoms with Crippen LogP contribution in [0.4, 0.5) is 5.69 Å². The van der Waals surface area contributed by atoms with E-state index in [1.807, 2.05) is 72.8 Å². The lowest BCUT2D eigenvalue weighted by atomic mass is 10.2. The molecule has 4 rings (SSSR count). The third-order valence-corrected chi connectivity index (χ3v) is 6.38. The van der Waals surface area contributed by atoms with Crippen LogP contribution < -0.4 is 19.5 Å². The minimum Gasteiger partial charge on any atom is -0.497 e. The Morgan fingerprint density at radius 1 is 0.970 bits per heavy atom. The number of nitrogens with zero attached hydrogens (tertiary/aromatic N) is 1. The fourth-order valence-corrected chi connectivity index (χ4v) is 4.24. The van der Waals surface area contributed by atoms with Crippen molar-refractivity contribution in [1.29, 1.82) is 0 Å². The van der Waals surface area contributed by atoms with Gasteiger partial charge >= 0.3 is 0 Å². The van der Waals surface area contributed by atoms with Crippen molar-refractivity contribution in [2.24, 2.45) is 4.99 Å². The molecule has 8 heteroatoms. The van der Waals surface area contributed by atoms with Crippen LogP contribution in [0.3, 0.4) is 0 Å². The van der Waals surface area contributed by atoms with E-state index in [1.165, 1.54) is 15.3 Å². The number of amides is 1. The van der Waals surface area contributed by atoms with Crippen molar-refractivity contribution in [3.05, 3.63) is 86.3 Å². The first-order valence-electron chi connectivity index (χ1n) is 10.0. The molecule has 1 N–H and O–H groups in total. The number of thioether (sulfide) groups is 1. The number of halogens is 1. The summed E-state index contributed by atoms with van der Waals surface area (Å²) in [7, 11) is 3.21. The second-order valence-electron chi connectivity index (χ2n) is 7.01. The summed E-state index contributed by atoms with van der Waals surface area (Å²) in [4.78, 5) is 17.5.